The zero-order valence-electron chi connectivity index (χ0n) is 15.4. The zero-order valence-corrected chi connectivity index (χ0v) is 15.4. The molecule has 0 bridgehead atoms. The van der Waals surface area contributed by atoms with E-state index in [1.54, 1.807) is 36.5 Å². The lowest BCUT2D eigenvalue weighted by Gasteiger charge is -2.10. The van der Waals surface area contributed by atoms with Crippen LogP contribution in [0.3, 0.4) is 0 Å². The standard InChI is InChI=1S/C22H22FN3O/c1-15(2)16-7-9-18(10-8-16)26-19-11-12-24-21(13-19)22(27)25-14-17-5-3-4-6-20(17)23/h3-13,15H,14H2,1-2H3,(H,24,26)(H,25,27). The van der Waals surface area contributed by atoms with Crippen molar-refractivity contribution in [1.82, 2.24) is 10.3 Å². The minimum absolute atomic E-state index is 0.113. The molecule has 138 valence electrons. The second-order valence-corrected chi connectivity index (χ2v) is 6.61. The molecule has 0 aliphatic heterocycles. The molecule has 0 fully saturated rings. The highest BCUT2D eigenvalue weighted by atomic mass is 19.1. The first kappa shape index (κ1) is 18.6. The van der Waals surface area contributed by atoms with E-state index >= 15 is 0 Å². The molecule has 1 amide bonds. The van der Waals surface area contributed by atoms with E-state index in [2.05, 4.69) is 41.6 Å². The van der Waals surface area contributed by atoms with Gasteiger partial charge in [-0.2, -0.15) is 0 Å². The molecule has 4 nitrogen and oxygen atoms in total. The van der Waals surface area contributed by atoms with Crippen LogP contribution < -0.4 is 10.6 Å². The lowest BCUT2D eigenvalue weighted by molar-refractivity contribution is 0.0945. The second kappa shape index (κ2) is 8.45. The first-order valence-corrected chi connectivity index (χ1v) is 8.87. The van der Waals surface area contributed by atoms with Crippen LogP contribution in [0, 0.1) is 5.82 Å². The number of aromatic nitrogens is 1. The third-order valence-corrected chi connectivity index (χ3v) is 4.26. The predicted octanol–water partition coefficient (Wildman–Crippen LogP) is 5.02. The maximum Gasteiger partial charge on any atom is 0.270 e. The number of amides is 1. The lowest BCUT2D eigenvalue weighted by atomic mass is 10.0. The van der Waals surface area contributed by atoms with Gasteiger partial charge in [0, 0.05) is 29.7 Å². The number of rotatable bonds is 6. The second-order valence-electron chi connectivity index (χ2n) is 6.61. The van der Waals surface area contributed by atoms with Crippen LogP contribution in [0.5, 0.6) is 0 Å². The quantitative estimate of drug-likeness (QED) is 0.647. The fraction of sp³-hybridized carbons (Fsp3) is 0.182. The molecule has 1 aromatic heterocycles. The van der Waals surface area contributed by atoms with Crippen LogP contribution in [0.4, 0.5) is 15.8 Å². The fourth-order valence-electron chi connectivity index (χ4n) is 2.66. The first-order chi connectivity index (χ1) is 13.0. The van der Waals surface area contributed by atoms with Crippen molar-refractivity contribution < 1.29 is 9.18 Å². The molecule has 0 saturated carbocycles. The minimum atomic E-state index is -0.350. The molecule has 0 aliphatic rings. The van der Waals surface area contributed by atoms with Gasteiger partial charge in [-0.3, -0.25) is 9.78 Å². The van der Waals surface area contributed by atoms with E-state index in [1.807, 2.05) is 12.1 Å². The molecule has 0 radical (unpaired) electrons. The summed E-state index contributed by atoms with van der Waals surface area (Å²) in [5, 5.41) is 5.97. The molecule has 2 N–H and O–H groups in total. The molecule has 3 rings (SSSR count). The summed E-state index contributed by atoms with van der Waals surface area (Å²) in [6, 6.07) is 18.0. The van der Waals surface area contributed by atoms with Gasteiger partial charge in [-0.1, -0.05) is 44.2 Å². The van der Waals surface area contributed by atoms with E-state index < -0.39 is 0 Å². The Morgan fingerprint density at radius 2 is 1.78 bits per heavy atom. The largest absolute Gasteiger partial charge is 0.355 e. The Bertz CT molecular complexity index is 923. The molecule has 2 aromatic carbocycles. The highest BCUT2D eigenvalue weighted by Crippen LogP contribution is 2.20. The molecule has 3 aromatic rings. The molecule has 5 heteroatoms. The van der Waals surface area contributed by atoms with Gasteiger partial charge in [-0.05, 0) is 41.8 Å². The van der Waals surface area contributed by atoms with Crippen LogP contribution in [0.15, 0.2) is 66.9 Å². The first-order valence-electron chi connectivity index (χ1n) is 8.87. The maximum absolute atomic E-state index is 13.7. The van der Waals surface area contributed by atoms with Gasteiger partial charge in [0.15, 0.2) is 0 Å². The summed E-state index contributed by atoms with van der Waals surface area (Å²) >= 11 is 0. The number of halogens is 1. The summed E-state index contributed by atoms with van der Waals surface area (Å²) in [7, 11) is 0. The number of hydrogen-bond donors (Lipinski definition) is 2. The SMILES string of the molecule is CC(C)c1ccc(Nc2ccnc(C(=O)NCc3ccccc3F)c2)cc1. The molecule has 0 atom stereocenters. The Balaban J connectivity index is 1.65. The zero-order chi connectivity index (χ0) is 19.2. The number of benzene rings is 2. The Morgan fingerprint density at radius 3 is 2.48 bits per heavy atom. The average molecular weight is 363 g/mol. The Morgan fingerprint density at radius 1 is 1.04 bits per heavy atom. The summed E-state index contributed by atoms with van der Waals surface area (Å²) in [6.07, 6.45) is 1.57. The van der Waals surface area contributed by atoms with Gasteiger partial charge in [0.1, 0.15) is 11.5 Å². The van der Waals surface area contributed by atoms with E-state index in [0.29, 0.717) is 11.5 Å². The molecule has 0 unspecified atom stereocenters. The van der Waals surface area contributed by atoms with Crippen molar-refractivity contribution in [3.05, 3.63) is 89.5 Å². The Labute approximate surface area is 158 Å². The number of carbonyl (C=O) groups excluding carboxylic acids is 1. The molecule has 1 heterocycles. The number of carbonyl (C=O) groups is 1. The van der Waals surface area contributed by atoms with Crippen molar-refractivity contribution in [2.75, 3.05) is 5.32 Å². The highest BCUT2D eigenvalue weighted by molar-refractivity contribution is 5.93. The summed E-state index contributed by atoms with van der Waals surface area (Å²) in [5.74, 6) is -0.215. The number of pyridine rings is 1. The van der Waals surface area contributed by atoms with Gasteiger partial charge in [-0.15, -0.1) is 0 Å². The number of anilines is 2. The monoisotopic (exact) mass is 363 g/mol. The van der Waals surface area contributed by atoms with Crippen molar-refractivity contribution in [2.24, 2.45) is 0 Å². The smallest absolute Gasteiger partial charge is 0.270 e. The van der Waals surface area contributed by atoms with Gasteiger partial charge in [0.05, 0.1) is 0 Å². The third kappa shape index (κ3) is 4.91. The van der Waals surface area contributed by atoms with E-state index in [9.17, 15) is 9.18 Å². The fourth-order valence-corrected chi connectivity index (χ4v) is 2.66. The van der Waals surface area contributed by atoms with E-state index in [0.717, 1.165) is 11.4 Å². The molecule has 0 spiro atoms. The van der Waals surface area contributed by atoms with Gasteiger partial charge in [0.25, 0.3) is 5.91 Å². The third-order valence-electron chi connectivity index (χ3n) is 4.26. The van der Waals surface area contributed by atoms with Gasteiger partial charge >= 0.3 is 0 Å². The van der Waals surface area contributed by atoms with E-state index in [1.165, 1.54) is 11.6 Å². The highest BCUT2D eigenvalue weighted by Gasteiger charge is 2.09. The maximum atomic E-state index is 13.7. The van der Waals surface area contributed by atoms with Crippen LogP contribution in [-0.2, 0) is 6.54 Å². The molecule has 0 saturated heterocycles. The van der Waals surface area contributed by atoms with Crippen molar-refractivity contribution >= 4 is 17.3 Å². The molecular weight excluding hydrogens is 341 g/mol. The van der Waals surface area contributed by atoms with E-state index in [4.69, 9.17) is 0 Å². The Kier molecular flexibility index (Phi) is 5.81. The van der Waals surface area contributed by atoms with Crippen molar-refractivity contribution in [1.29, 1.82) is 0 Å². The lowest BCUT2D eigenvalue weighted by Crippen LogP contribution is -2.24. The summed E-state index contributed by atoms with van der Waals surface area (Å²) < 4.78 is 13.7. The molecule has 0 aliphatic carbocycles. The normalized spacial score (nSPS) is 10.7. The van der Waals surface area contributed by atoms with Crippen LogP contribution >= 0.6 is 0 Å². The van der Waals surface area contributed by atoms with Gasteiger partial charge < -0.3 is 10.6 Å². The number of nitrogens with one attached hydrogen (secondary N) is 2. The number of nitrogens with zero attached hydrogens (tertiary/aromatic N) is 1. The van der Waals surface area contributed by atoms with Crippen molar-refractivity contribution in [3.8, 4) is 0 Å². The predicted molar refractivity (Wildman–Crippen MR) is 106 cm³/mol. The van der Waals surface area contributed by atoms with Crippen LogP contribution in [0.25, 0.3) is 0 Å². The number of hydrogen-bond acceptors (Lipinski definition) is 3. The topological polar surface area (TPSA) is 54.0 Å². The average Bonchev–Trinajstić information content (AvgIpc) is 2.68. The Hall–Kier alpha value is -3.21. The van der Waals surface area contributed by atoms with Crippen LogP contribution in [0.2, 0.25) is 0 Å². The molecular formula is C22H22FN3O. The van der Waals surface area contributed by atoms with Crippen LogP contribution in [-0.4, -0.2) is 10.9 Å². The summed E-state index contributed by atoms with van der Waals surface area (Å²) in [5.41, 5.74) is 3.67. The minimum Gasteiger partial charge on any atom is -0.355 e. The summed E-state index contributed by atoms with van der Waals surface area (Å²) in [4.78, 5) is 16.4. The van der Waals surface area contributed by atoms with Crippen LogP contribution in [0.1, 0.15) is 41.4 Å². The van der Waals surface area contributed by atoms with Gasteiger partial charge in [-0.25, -0.2) is 4.39 Å². The molecule has 27 heavy (non-hydrogen) atoms. The van der Waals surface area contributed by atoms with Gasteiger partial charge in [0.2, 0.25) is 0 Å². The van der Waals surface area contributed by atoms with Crippen molar-refractivity contribution in [2.45, 2.75) is 26.3 Å². The van der Waals surface area contributed by atoms with Crippen molar-refractivity contribution in [3.63, 3.8) is 0 Å². The van der Waals surface area contributed by atoms with E-state index in [-0.39, 0.29) is 24.0 Å². The summed E-state index contributed by atoms with van der Waals surface area (Å²) in [6.45, 7) is 4.41.